The number of dihydropyridines is 1. The molecule has 0 saturated heterocycles. The highest BCUT2D eigenvalue weighted by Gasteiger charge is 2.39. The number of nitrogens with one attached hydrogen (secondary N) is 1. The molecular weight excluding hydrogens is 454 g/mol. The summed E-state index contributed by atoms with van der Waals surface area (Å²) in [5, 5.41) is 3.08. The molecule has 0 aromatic heterocycles. The van der Waals surface area contributed by atoms with Crippen LogP contribution in [0.3, 0.4) is 0 Å². The van der Waals surface area contributed by atoms with Crippen LogP contribution in [-0.2, 0) is 23.8 Å². The third-order valence-electron chi connectivity index (χ3n) is 4.57. The molecule has 1 heterocycles. The van der Waals surface area contributed by atoms with E-state index in [0.717, 1.165) is 0 Å². The SMILES string of the molecule is CCOC(=O)C1=C(C)NC(C)=C(C(=O)OCC)C1c1ccc(Br)cc1C(=O)OCC. The second-order valence-corrected chi connectivity index (χ2v) is 7.44. The van der Waals surface area contributed by atoms with Crippen molar-refractivity contribution >= 4 is 33.8 Å². The summed E-state index contributed by atoms with van der Waals surface area (Å²) in [7, 11) is 0. The highest BCUT2D eigenvalue weighted by Crippen LogP contribution is 2.41. The minimum Gasteiger partial charge on any atom is -0.463 e. The predicted octanol–water partition coefficient (Wildman–Crippen LogP) is 3.99. The Balaban J connectivity index is 2.79. The average molecular weight is 480 g/mol. The van der Waals surface area contributed by atoms with Gasteiger partial charge >= 0.3 is 17.9 Å². The molecule has 1 aliphatic heterocycles. The number of carbonyl (C=O) groups excluding carboxylic acids is 3. The smallest absolute Gasteiger partial charge is 0.338 e. The molecule has 1 N–H and O–H groups in total. The number of carbonyl (C=O) groups is 3. The van der Waals surface area contributed by atoms with Crippen molar-refractivity contribution < 1.29 is 28.6 Å². The van der Waals surface area contributed by atoms with Crippen LogP contribution in [0.5, 0.6) is 0 Å². The minimum absolute atomic E-state index is 0.171. The predicted molar refractivity (Wildman–Crippen MR) is 115 cm³/mol. The Bertz CT molecular complexity index is 878. The standard InChI is InChI=1S/C22H26BrNO6/c1-6-28-20(25)16-11-14(23)9-10-15(16)19-17(21(26)29-7-2)12(4)24-13(5)18(19)22(27)30-8-3/h9-11,19,24H,6-8H2,1-5H3. The third-order valence-corrected chi connectivity index (χ3v) is 5.07. The zero-order valence-corrected chi connectivity index (χ0v) is 19.3. The van der Waals surface area contributed by atoms with E-state index < -0.39 is 23.8 Å². The Morgan fingerprint density at radius 3 is 1.80 bits per heavy atom. The molecule has 0 saturated carbocycles. The van der Waals surface area contributed by atoms with Gasteiger partial charge < -0.3 is 19.5 Å². The zero-order chi connectivity index (χ0) is 22.4. The fourth-order valence-electron chi connectivity index (χ4n) is 3.43. The van der Waals surface area contributed by atoms with E-state index >= 15 is 0 Å². The maximum absolute atomic E-state index is 12.9. The van der Waals surface area contributed by atoms with Crippen molar-refractivity contribution in [3.05, 3.63) is 56.3 Å². The molecule has 1 aromatic carbocycles. The lowest BCUT2D eigenvalue weighted by Gasteiger charge is -2.31. The van der Waals surface area contributed by atoms with Gasteiger partial charge in [-0.3, -0.25) is 0 Å². The first-order valence-electron chi connectivity index (χ1n) is 9.76. The number of hydrogen-bond acceptors (Lipinski definition) is 7. The van der Waals surface area contributed by atoms with Crippen molar-refractivity contribution in [3.63, 3.8) is 0 Å². The van der Waals surface area contributed by atoms with Crippen molar-refractivity contribution in [2.24, 2.45) is 0 Å². The van der Waals surface area contributed by atoms with Gasteiger partial charge in [0.15, 0.2) is 0 Å². The topological polar surface area (TPSA) is 90.9 Å². The molecule has 0 fully saturated rings. The summed E-state index contributed by atoms with van der Waals surface area (Å²) < 4.78 is 16.4. The quantitative estimate of drug-likeness (QED) is 0.466. The molecule has 2 rings (SSSR count). The lowest BCUT2D eigenvalue weighted by atomic mass is 9.78. The molecular formula is C22H26BrNO6. The monoisotopic (exact) mass is 479 g/mol. The summed E-state index contributed by atoms with van der Waals surface area (Å²) in [5.41, 5.74) is 2.30. The lowest BCUT2D eigenvalue weighted by molar-refractivity contribution is -0.139. The van der Waals surface area contributed by atoms with E-state index in [4.69, 9.17) is 14.2 Å². The minimum atomic E-state index is -0.850. The van der Waals surface area contributed by atoms with Gasteiger partial charge in [-0.2, -0.15) is 0 Å². The van der Waals surface area contributed by atoms with E-state index in [1.54, 1.807) is 52.8 Å². The van der Waals surface area contributed by atoms with Gasteiger partial charge in [-0.15, -0.1) is 0 Å². The molecule has 30 heavy (non-hydrogen) atoms. The molecule has 0 radical (unpaired) electrons. The van der Waals surface area contributed by atoms with Crippen LogP contribution in [-0.4, -0.2) is 37.7 Å². The third kappa shape index (κ3) is 4.92. The molecule has 0 unspecified atom stereocenters. The van der Waals surface area contributed by atoms with Gasteiger partial charge in [0.1, 0.15) is 0 Å². The van der Waals surface area contributed by atoms with Crippen LogP contribution in [0.25, 0.3) is 0 Å². The molecule has 0 bridgehead atoms. The molecule has 162 valence electrons. The van der Waals surface area contributed by atoms with E-state index in [9.17, 15) is 14.4 Å². The summed E-state index contributed by atoms with van der Waals surface area (Å²) in [6.07, 6.45) is 0. The molecule has 0 spiro atoms. The van der Waals surface area contributed by atoms with Crippen molar-refractivity contribution in [2.45, 2.75) is 40.5 Å². The number of benzene rings is 1. The lowest BCUT2D eigenvalue weighted by Crippen LogP contribution is -2.33. The Kier molecular flexibility index (Phi) is 8.23. The normalized spacial score (nSPS) is 14.3. The Morgan fingerprint density at radius 1 is 0.867 bits per heavy atom. The molecule has 7 nitrogen and oxygen atoms in total. The van der Waals surface area contributed by atoms with Crippen LogP contribution in [0.4, 0.5) is 0 Å². The van der Waals surface area contributed by atoms with E-state index in [2.05, 4.69) is 21.2 Å². The summed E-state index contributed by atoms with van der Waals surface area (Å²) in [5.74, 6) is -2.54. The van der Waals surface area contributed by atoms with Crippen LogP contribution in [0.2, 0.25) is 0 Å². The maximum atomic E-state index is 12.9. The van der Waals surface area contributed by atoms with E-state index in [-0.39, 0.29) is 36.5 Å². The fraction of sp³-hybridized carbons (Fsp3) is 0.409. The maximum Gasteiger partial charge on any atom is 0.338 e. The largest absolute Gasteiger partial charge is 0.463 e. The van der Waals surface area contributed by atoms with E-state index in [1.807, 2.05) is 0 Å². The molecule has 1 aliphatic rings. The fourth-order valence-corrected chi connectivity index (χ4v) is 3.79. The second-order valence-electron chi connectivity index (χ2n) is 6.53. The van der Waals surface area contributed by atoms with Crippen LogP contribution < -0.4 is 5.32 Å². The van der Waals surface area contributed by atoms with Crippen LogP contribution >= 0.6 is 15.9 Å². The molecule has 1 aromatic rings. The van der Waals surface area contributed by atoms with Crippen molar-refractivity contribution in [2.75, 3.05) is 19.8 Å². The summed E-state index contributed by atoms with van der Waals surface area (Å²) in [4.78, 5) is 38.5. The van der Waals surface area contributed by atoms with Crippen molar-refractivity contribution in [1.29, 1.82) is 0 Å². The van der Waals surface area contributed by atoms with Gasteiger partial charge in [-0.25, -0.2) is 14.4 Å². The summed E-state index contributed by atoms with van der Waals surface area (Å²) >= 11 is 3.37. The second kappa shape index (κ2) is 10.4. The Labute approximate surface area is 184 Å². The first-order valence-corrected chi connectivity index (χ1v) is 10.5. The average Bonchev–Trinajstić information content (AvgIpc) is 2.67. The van der Waals surface area contributed by atoms with Gasteiger partial charge in [-0.1, -0.05) is 22.0 Å². The number of rotatable bonds is 7. The number of esters is 3. The number of halogens is 1. The van der Waals surface area contributed by atoms with Gasteiger partial charge in [0.2, 0.25) is 0 Å². The Hall–Kier alpha value is -2.61. The highest BCUT2D eigenvalue weighted by molar-refractivity contribution is 9.10. The first-order chi connectivity index (χ1) is 14.3. The number of hydrogen-bond donors (Lipinski definition) is 1. The van der Waals surface area contributed by atoms with Gasteiger partial charge in [0.25, 0.3) is 0 Å². The van der Waals surface area contributed by atoms with E-state index in [1.165, 1.54) is 0 Å². The van der Waals surface area contributed by atoms with Crippen molar-refractivity contribution in [1.82, 2.24) is 5.32 Å². The van der Waals surface area contributed by atoms with Gasteiger partial charge in [-0.05, 0) is 52.3 Å². The van der Waals surface area contributed by atoms with Crippen LogP contribution in [0, 0.1) is 0 Å². The van der Waals surface area contributed by atoms with Crippen molar-refractivity contribution in [3.8, 4) is 0 Å². The molecule has 0 atom stereocenters. The molecule has 0 aliphatic carbocycles. The van der Waals surface area contributed by atoms with Gasteiger partial charge in [0.05, 0.1) is 42.4 Å². The van der Waals surface area contributed by atoms with Crippen LogP contribution in [0.15, 0.2) is 45.2 Å². The van der Waals surface area contributed by atoms with E-state index in [0.29, 0.717) is 21.4 Å². The van der Waals surface area contributed by atoms with Crippen LogP contribution in [0.1, 0.15) is 56.5 Å². The van der Waals surface area contributed by atoms with Gasteiger partial charge in [0, 0.05) is 15.9 Å². The number of ether oxygens (including phenoxy) is 3. The highest BCUT2D eigenvalue weighted by atomic mass is 79.9. The summed E-state index contributed by atoms with van der Waals surface area (Å²) in [6, 6.07) is 5.06. The zero-order valence-electron chi connectivity index (χ0n) is 17.8. The summed E-state index contributed by atoms with van der Waals surface area (Å²) in [6.45, 7) is 9.11. The molecule has 0 amide bonds. The number of allylic oxidation sites excluding steroid dienone is 2. The first kappa shape index (κ1) is 23.7. The Morgan fingerprint density at radius 2 is 1.33 bits per heavy atom. The molecule has 8 heteroatoms.